The molecule has 164 valence electrons. The molecule has 1 aromatic carbocycles. The lowest BCUT2D eigenvalue weighted by atomic mass is 9.79. The van der Waals surface area contributed by atoms with Crippen LogP contribution in [0, 0.1) is 17.8 Å². The van der Waals surface area contributed by atoms with E-state index in [-0.39, 0.29) is 36.8 Å². The van der Waals surface area contributed by atoms with Crippen LogP contribution in [0.3, 0.4) is 0 Å². The van der Waals surface area contributed by atoms with E-state index >= 15 is 0 Å². The summed E-state index contributed by atoms with van der Waals surface area (Å²) in [5.41, 5.74) is 0.547. The predicted molar refractivity (Wildman–Crippen MR) is 111 cm³/mol. The highest BCUT2D eigenvalue weighted by atomic mass is 16.7. The van der Waals surface area contributed by atoms with Gasteiger partial charge in [-0.1, -0.05) is 45.9 Å². The van der Waals surface area contributed by atoms with E-state index in [9.17, 15) is 4.79 Å². The average molecular weight is 409 g/mol. The lowest BCUT2D eigenvalue weighted by Gasteiger charge is -2.43. The monoisotopic (exact) mass is 408 g/mol. The Hall–Kier alpha value is -1.47. The summed E-state index contributed by atoms with van der Waals surface area (Å²) >= 11 is 0. The van der Waals surface area contributed by atoms with Crippen LogP contribution in [-0.4, -0.2) is 58.0 Å². The Kier molecular flexibility index (Phi) is 10.6. The topological polar surface area (TPSA) is 63.2 Å². The number of rotatable bonds is 12. The highest BCUT2D eigenvalue weighted by Gasteiger charge is 2.40. The van der Waals surface area contributed by atoms with E-state index in [0.29, 0.717) is 37.9 Å². The van der Waals surface area contributed by atoms with E-state index in [1.54, 1.807) is 12.1 Å². The summed E-state index contributed by atoms with van der Waals surface area (Å²) in [6.45, 7) is 11.7. The van der Waals surface area contributed by atoms with Crippen LogP contribution in [0.1, 0.15) is 44.5 Å². The van der Waals surface area contributed by atoms with Crippen LogP contribution in [0.4, 0.5) is 0 Å². The summed E-state index contributed by atoms with van der Waals surface area (Å²) < 4.78 is 28.5. The number of carbonyl (C=O) groups excluding carboxylic acids is 1. The van der Waals surface area contributed by atoms with Crippen molar-refractivity contribution in [3.05, 3.63) is 35.9 Å². The van der Waals surface area contributed by atoms with Gasteiger partial charge in [0.25, 0.3) is 0 Å². The molecule has 0 aromatic heterocycles. The fourth-order valence-corrected chi connectivity index (χ4v) is 3.37. The van der Waals surface area contributed by atoms with Gasteiger partial charge in [0.1, 0.15) is 6.61 Å². The predicted octanol–water partition coefficient (Wildman–Crippen LogP) is 3.94. The number of benzene rings is 1. The van der Waals surface area contributed by atoms with Crippen molar-refractivity contribution in [2.24, 2.45) is 17.8 Å². The minimum absolute atomic E-state index is 0.192. The van der Waals surface area contributed by atoms with Gasteiger partial charge >= 0.3 is 5.97 Å². The average Bonchev–Trinajstić information content (AvgIpc) is 2.75. The first kappa shape index (κ1) is 23.8. The third-order valence-electron chi connectivity index (χ3n) is 5.60. The molecule has 0 spiro atoms. The molecule has 1 heterocycles. The minimum atomic E-state index is -0.332. The highest BCUT2D eigenvalue weighted by molar-refractivity contribution is 5.89. The number of esters is 1. The maximum absolute atomic E-state index is 12.2. The van der Waals surface area contributed by atoms with Crippen LogP contribution in [0.5, 0.6) is 0 Å². The normalized spacial score (nSPS) is 27.0. The Bertz CT molecular complexity index is 578. The molecule has 1 aromatic rings. The molecular weight excluding hydrogens is 372 g/mol. The van der Waals surface area contributed by atoms with E-state index in [4.69, 9.17) is 23.7 Å². The molecule has 0 saturated carbocycles. The van der Waals surface area contributed by atoms with Crippen molar-refractivity contribution in [3.63, 3.8) is 0 Å². The summed E-state index contributed by atoms with van der Waals surface area (Å²) in [6, 6.07) is 9.01. The molecule has 0 bridgehead atoms. The molecule has 0 amide bonds. The molecule has 29 heavy (non-hydrogen) atoms. The van der Waals surface area contributed by atoms with E-state index in [2.05, 4.69) is 27.7 Å². The molecule has 0 aliphatic carbocycles. The number of hydrogen-bond acceptors (Lipinski definition) is 6. The summed E-state index contributed by atoms with van der Waals surface area (Å²) in [7, 11) is 0. The zero-order chi connectivity index (χ0) is 21.1. The first-order valence-corrected chi connectivity index (χ1v) is 10.7. The van der Waals surface area contributed by atoms with Gasteiger partial charge in [0.05, 0.1) is 38.1 Å². The van der Waals surface area contributed by atoms with E-state index in [0.717, 1.165) is 13.0 Å². The zero-order valence-electron chi connectivity index (χ0n) is 18.2. The van der Waals surface area contributed by atoms with Gasteiger partial charge in [-0.3, -0.25) is 0 Å². The molecule has 1 saturated heterocycles. The second kappa shape index (κ2) is 13.0. The van der Waals surface area contributed by atoms with E-state index in [1.807, 2.05) is 18.2 Å². The molecule has 0 N–H and O–H groups in total. The molecule has 0 radical (unpaired) electrons. The smallest absolute Gasteiger partial charge is 0.338 e. The highest BCUT2D eigenvalue weighted by Crippen LogP contribution is 2.35. The van der Waals surface area contributed by atoms with Crippen LogP contribution in [0.2, 0.25) is 0 Å². The van der Waals surface area contributed by atoms with Gasteiger partial charge in [0.15, 0.2) is 6.29 Å². The fraction of sp³-hybridized carbons (Fsp3) is 0.696. The molecular formula is C23H36O6. The lowest BCUT2D eigenvalue weighted by molar-refractivity contribution is -0.256. The summed E-state index contributed by atoms with van der Waals surface area (Å²) in [5, 5.41) is 0. The maximum atomic E-state index is 12.2. The van der Waals surface area contributed by atoms with Gasteiger partial charge in [0.2, 0.25) is 0 Å². The summed E-state index contributed by atoms with van der Waals surface area (Å²) in [4.78, 5) is 12.2. The zero-order valence-corrected chi connectivity index (χ0v) is 18.2. The molecule has 5 atom stereocenters. The van der Waals surface area contributed by atoms with Gasteiger partial charge in [-0.25, -0.2) is 4.79 Å². The second-order valence-corrected chi connectivity index (χ2v) is 7.68. The minimum Gasteiger partial charge on any atom is -0.459 e. The van der Waals surface area contributed by atoms with Gasteiger partial charge in [-0.15, -0.1) is 0 Å². The lowest BCUT2D eigenvalue weighted by Crippen LogP contribution is -2.48. The Balaban J connectivity index is 1.74. The molecule has 1 aliphatic rings. The number of carbonyl (C=O) groups is 1. The van der Waals surface area contributed by atoms with E-state index < -0.39 is 0 Å². The maximum Gasteiger partial charge on any atom is 0.338 e. The largest absolute Gasteiger partial charge is 0.459 e. The van der Waals surface area contributed by atoms with Crippen molar-refractivity contribution < 1.29 is 28.5 Å². The molecule has 5 unspecified atom stereocenters. The van der Waals surface area contributed by atoms with Crippen LogP contribution in [-0.2, 0) is 23.7 Å². The number of hydrogen-bond donors (Lipinski definition) is 0. The molecule has 6 heteroatoms. The van der Waals surface area contributed by atoms with E-state index in [1.165, 1.54) is 0 Å². The van der Waals surface area contributed by atoms with Crippen molar-refractivity contribution in [2.45, 2.75) is 46.5 Å². The quantitative estimate of drug-likeness (QED) is 0.386. The fourth-order valence-electron chi connectivity index (χ4n) is 3.37. The third kappa shape index (κ3) is 7.70. The Morgan fingerprint density at radius 1 is 0.897 bits per heavy atom. The van der Waals surface area contributed by atoms with Crippen molar-refractivity contribution in [1.29, 1.82) is 0 Å². The third-order valence-corrected chi connectivity index (χ3v) is 5.60. The van der Waals surface area contributed by atoms with Crippen LogP contribution < -0.4 is 0 Å². The van der Waals surface area contributed by atoms with Gasteiger partial charge in [0, 0.05) is 12.5 Å². The first-order valence-electron chi connectivity index (χ1n) is 10.7. The van der Waals surface area contributed by atoms with Gasteiger partial charge < -0.3 is 23.7 Å². The standard InChI is InChI=1S/C23H36O6/c1-5-11-25-12-13-26-14-15-27-23-19(4)17(2)18(3)21(29-23)16-28-22(24)20-9-7-6-8-10-20/h6-10,17-19,21,23H,5,11-16H2,1-4H3. The van der Waals surface area contributed by atoms with Crippen molar-refractivity contribution in [1.82, 2.24) is 0 Å². The molecule has 1 aliphatic heterocycles. The van der Waals surface area contributed by atoms with Crippen molar-refractivity contribution in [3.8, 4) is 0 Å². The molecule has 2 rings (SSSR count). The Morgan fingerprint density at radius 2 is 1.55 bits per heavy atom. The summed E-state index contributed by atoms with van der Waals surface area (Å²) in [5.74, 6) is 0.570. The molecule has 1 fully saturated rings. The van der Waals surface area contributed by atoms with Gasteiger partial charge in [-0.2, -0.15) is 0 Å². The Morgan fingerprint density at radius 3 is 2.24 bits per heavy atom. The number of ether oxygens (including phenoxy) is 5. The first-order chi connectivity index (χ1) is 14.0. The SMILES string of the molecule is CCCOCCOCCOC1OC(COC(=O)c2ccccc2)C(C)C(C)C1C. The van der Waals surface area contributed by atoms with Crippen molar-refractivity contribution in [2.75, 3.05) is 39.6 Å². The van der Waals surface area contributed by atoms with Crippen LogP contribution in [0.15, 0.2) is 30.3 Å². The Labute approximate surface area is 174 Å². The van der Waals surface area contributed by atoms with Gasteiger partial charge in [-0.05, 0) is 30.4 Å². The van der Waals surface area contributed by atoms with Crippen LogP contribution in [0.25, 0.3) is 0 Å². The van der Waals surface area contributed by atoms with Crippen LogP contribution >= 0.6 is 0 Å². The van der Waals surface area contributed by atoms with Crippen molar-refractivity contribution >= 4 is 5.97 Å². The summed E-state index contributed by atoms with van der Waals surface area (Å²) in [6.07, 6.45) is 0.488. The second-order valence-electron chi connectivity index (χ2n) is 7.68. The molecule has 6 nitrogen and oxygen atoms in total.